The fraction of sp³-hybridized carbons (Fsp3) is 0.111. The molecule has 4 nitrogen and oxygen atoms in total. The van der Waals surface area contributed by atoms with Gasteiger partial charge in [-0.2, -0.15) is 0 Å². The molecule has 0 atom stereocenters. The van der Waals surface area contributed by atoms with Gasteiger partial charge in [0.15, 0.2) is 0 Å². The van der Waals surface area contributed by atoms with Crippen molar-refractivity contribution in [3.8, 4) is 5.75 Å². The molecule has 0 amide bonds. The second-order valence-electron chi connectivity index (χ2n) is 5.15. The number of hydrogen-bond donors (Lipinski definition) is 2. The van der Waals surface area contributed by atoms with Crippen LogP contribution in [-0.4, -0.2) is 15.1 Å². The Morgan fingerprint density at radius 3 is 2.82 bits per heavy atom. The molecule has 22 heavy (non-hydrogen) atoms. The number of phenols is 1. The van der Waals surface area contributed by atoms with Crippen LogP contribution in [0.25, 0.3) is 17.0 Å². The molecule has 0 bridgehead atoms. The van der Waals surface area contributed by atoms with Crippen molar-refractivity contribution in [2.45, 2.75) is 12.8 Å². The number of anilines is 1. The number of allylic oxidation sites excluding steroid dienone is 1. The van der Waals surface area contributed by atoms with E-state index in [1.54, 1.807) is 12.1 Å². The molecule has 0 aliphatic heterocycles. The SMILES string of the molecule is Nc1ccc(CC/C=C/c2ccc3cc(O)ccc3n2)cn1. The lowest BCUT2D eigenvalue weighted by Crippen LogP contribution is -1.91. The fourth-order valence-electron chi connectivity index (χ4n) is 2.26. The van der Waals surface area contributed by atoms with Crippen molar-refractivity contribution in [3.05, 3.63) is 66.0 Å². The molecule has 0 aliphatic carbocycles. The Balaban J connectivity index is 1.65. The molecular weight excluding hydrogens is 274 g/mol. The lowest BCUT2D eigenvalue weighted by molar-refractivity contribution is 0.476. The van der Waals surface area contributed by atoms with Crippen LogP contribution in [0, 0.1) is 0 Å². The second-order valence-corrected chi connectivity index (χ2v) is 5.15. The first-order valence-corrected chi connectivity index (χ1v) is 7.17. The minimum Gasteiger partial charge on any atom is -0.508 e. The van der Waals surface area contributed by atoms with E-state index in [4.69, 9.17) is 5.73 Å². The molecular formula is C18H17N3O. The Hall–Kier alpha value is -2.88. The molecule has 0 saturated heterocycles. The topological polar surface area (TPSA) is 72.0 Å². The number of aromatic hydroxyl groups is 1. The van der Waals surface area contributed by atoms with Gasteiger partial charge < -0.3 is 10.8 Å². The zero-order valence-electron chi connectivity index (χ0n) is 12.1. The number of nitrogen functional groups attached to an aromatic ring is 1. The summed E-state index contributed by atoms with van der Waals surface area (Å²) in [6, 6.07) is 12.9. The van der Waals surface area contributed by atoms with Crippen LogP contribution >= 0.6 is 0 Å². The van der Waals surface area contributed by atoms with Gasteiger partial charge in [-0.1, -0.05) is 18.2 Å². The smallest absolute Gasteiger partial charge is 0.123 e. The number of aryl methyl sites for hydroxylation is 1. The van der Waals surface area contributed by atoms with Crippen LogP contribution in [0.4, 0.5) is 5.82 Å². The van der Waals surface area contributed by atoms with E-state index in [1.165, 1.54) is 5.56 Å². The Morgan fingerprint density at radius 2 is 2.00 bits per heavy atom. The number of nitrogens with two attached hydrogens (primary N) is 1. The molecule has 2 heterocycles. The molecule has 0 spiro atoms. The Morgan fingerprint density at radius 1 is 1.09 bits per heavy atom. The first-order chi connectivity index (χ1) is 10.7. The van der Waals surface area contributed by atoms with Gasteiger partial charge in [-0.25, -0.2) is 9.97 Å². The van der Waals surface area contributed by atoms with Crippen LogP contribution in [0.2, 0.25) is 0 Å². The highest BCUT2D eigenvalue weighted by Gasteiger charge is 1.97. The number of nitrogens with zero attached hydrogens (tertiary/aromatic N) is 2. The zero-order valence-corrected chi connectivity index (χ0v) is 12.1. The van der Waals surface area contributed by atoms with E-state index in [2.05, 4.69) is 16.0 Å². The van der Waals surface area contributed by atoms with Crippen LogP contribution in [0.3, 0.4) is 0 Å². The summed E-state index contributed by atoms with van der Waals surface area (Å²) >= 11 is 0. The van der Waals surface area contributed by atoms with Gasteiger partial charge >= 0.3 is 0 Å². The Bertz CT molecular complexity index is 810. The molecule has 0 fully saturated rings. The number of benzene rings is 1. The van der Waals surface area contributed by atoms with Crippen molar-refractivity contribution in [1.82, 2.24) is 9.97 Å². The van der Waals surface area contributed by atoms with E-state index < -0.39 is 0 Å². The molecule has 3 rings (SSSR count). The van der Waals surface area contributed by atoms with Gasteiger partial charge in [0.25, 0.3) is 0 Å². The summed E-state index contributed by atoms with van der Waals surface area (Å²) in [5, 5.41) is 10.4. The van der Waals surface area contributed by atoms with E-state index in [1.807, 2.05) is 42.6 Å². The molecule has 3 N–H and O–H groups in total. The number of fused-ring (bicyclic) bond motifs is 1. The van der Waals surface area contributed by atoms with Gasteiger partial charge in [0.2, 0.25) is 0 Å². The van der Waals surface area contributed by atoms with Crippen molar-refractivity contribution < 1.29 is 5.11 Å². The summed E-state index contributed by atoms with van der Waals surface area (Å²) < 4.78 is 0. The maximum Gasteiger partial charge on any atom is 0.123 e. The third-order valence-electron chi connectivity index (χ3n) is 3.43. The fourth-order valence-corrected chi connectivity index (χ4v) is 2.26. The maximum atomic E-state index is 9.44. The predicted octanol–water partition coefficient (Wildman–Crippen LogP) is 3.56. The Kier molecular flexibility index (Phi) is 4.01. The highest BCUT2D eigenvalue weighted by atomic mass is 16.3. The van der Waals surface area contributed by atoms with Gasteiger partial charge in [-0.15, -0.1) is 0 Å². The molecule has 0 saturated carbocycles. The first-order valence-electron chi connectivity index (χ1n) is 7.17. The normalized spacial score (nSPS) is 11.3. The summed E-state index contributed by atoms with van der Waals surface area (Å²) in [5.74, 6) is 0.806. The Labute approximate surface area is 129 Å². The number of phenolic OH excluding ortho intramolecular Hbond substituents is 1. The largest absolute Gasteiger partial charge is 0.508 e. The highest BCUT2D eigenvalue weighted by Crippen LogP contribution is 2.19. The van der Waals surface area contributed by atoms with E-state index in [-0.39, 0.29) is 5.75 Å². The first kappa shape index (κ1) is 14.1. The van der Waals surface area contributed by atoms with Gasteiger partial charge in [0.1, 0.15) is 11.6 Å². The van der Waals surface area contributed by atoms with Gasteiger partial charge in [0, 0.05) is 11.6 Å². The van der Waals surface area contributed by atoms with E-state index in [0.717, 1.165) is 29.4 Å². The molecule has 110 valence electrons. The third kappa shape index (κ3) is 3.41. The van der Waals surface area contributed by atoms with Crippen molar-refractivity contribution >= 4 is 22.8 Å². The number of hydrogen-bond acceptors (Lipinski definition) is 4. The molecule has 0 radical (unpaired) electrons. The van der Waals surface area contributed by atoms with E-state index in [9.17, 15) is 5.11 Å². The zero-order chi connectivity index (χ0) is 15.4. The lowest BCUT2D eigenvalue weighted by Gasteiger charge is -2.00. The number of pyridine rings is 2. The quantitative estimate of drug-likeness (QED) is 0.771. The molecule has 3 aromatic rings. The molecule has 1 aromatic carbocycles. The van der Waals surface area contributed by atoms with Crippen LogP contribution < -0.4 is 5.73 Å². The predicted molar refractivity (Wildman–Crippen MR) is 89.4 cm³/mol. The van der Waals surface area contributed by atoms with Crippen molar-refractivity contribution in [2.24, 2.45) is 0 Å². The number of aromatic nitrogens is 2. The van der Waals surface area contributed by atoms with Crippen molar-refractivity contribution in [1.29, 1.82) is 0 Å². The van der Waals surface area contributed by atoms with Gasteiger partial charge in [-0.05, 0) is 54.8 Å². The summed E-state index contributed by atoms with van der Waals surface area (Å²) in [4.78, 5) is 8.62. The minimum absolute atomic E-state index is 0.259. The van der Waals surface area contributed by atoms with Crippen molar-refractivity contribution in [2.75, 3.05) is 5.73 Å². The summed E-state index contributed by atoms with van der Waals surface area (Å²) in [5.41, 5.74) is 8.52. The lowest BCUT2D eigenvalue weighted by atomic mass is 10.1. The molecule has 0 aliphatic rings. The summed E-state index contributed by atoms with van der Waals surface area (Å²) in [7, 11) is 0. The minimum atomic E-state index is 0.259. The van der Waals surface area contributed by atoms with Crippen molar-refractivity contribution in [3.63, 3.8) is 0 Å². The molecule has 0 unspecified atom stereocenters. The van der Waals surface area contributed by atoms with E-state index >= 15 is 0 Å². The summed E-state index contributed by atoms with van der Waals surface area (Å²) in [6.45, 7) is 0. The summed E-state index contributed by atoms with van der Waals surface area (Å²) in [6.07, 6.45) is 7.76. The number of rotatable bonds is 4. The van der Waals surface area contributed by atoms with Crippen LogP contribution in [0.5, 0.6) is 5.75 Å². The van der Waals surface area contributed by atoms with Crippen LogP contribution in [0.1, 0.15) is 17.7 Å². The van der Waals surface area contributed by atoms with Gasteiger partial charge in [-0.3, -0.25) is 0 Å². The maximum absolute atomic E-state index is 9.44. The average Bonchev–Trinajstić information content (AvgIpc) is 2.53. The van der Waals surface area contributed by atoms with E-state index in [0.29, 0.717) is 5.82 Å². The van der Waals surface area contributed by atoms with Crippen LogP contribution in [-0.2, 0) is 6.42 Å². The standard InChI is InChI=1S/C18H17N3O/c19-18-10-5-13(12-20-18)3-1-2-4-15-7-6-14-11-16(22)8-9-17(14)21-15/h2,4-12,22H,1,3H2,(H2,19,20)/b4-2+. The second kappa shape index (κ2) is 6.26. The van der Waals surface area contributed by atoms with Crippen LogP contribution in [0.15, 0.2) is 54.7 Å². The third-order valence-corrected chi connectivity index (χ3v) is 3.43. The highest BCUT2D eigenvalue weighted by molar-refractivity contribution is 5.81. The molecule has 2 aromatic heterocycles. The average molecular weight is 291 g/mol. The van der Waals surface area contributed by atoms with Gasteiger partial charge in [0.05, 0.1) is 11.2 Å². The molecule has 4 heteroatoms. The monoisotopic (exact) mass is 291 g/mol.